The number of aromatic nitrogens is 2. The first-order valence-electron chi connectivity index (χ1n) is 4.58. The van der Waals surface area contributed by atoms with E-state index in [0.29, 0.717) is 11.6 Å². The van der Waals surface area contributed by atoms with Crippen LogP contribution in [0.1, 0.15) is 9.75 Å². The fourth-order valence-corrected chi connectivity index (χ4v) is 2.34. The van der Waals surface area contributed by atoms with Crippen LogP contribution in [0.15, 0.2) is 18.3 Å². The lowest BCUT2D eigenvalue weighted by Crippen LogP contribution is -2.09. The highest BCUT2D eigenvalue weighted by atomic mass is 32.1. The summed E-state index contributed by atoms with van der Waals surface area (Å²) in [5, 5.41) is 0. The standard InChI is InChI=1S/C10H12N4S/c1-6-5-8(7(2)15-6)10-12-4-3-9(13-10)14-11/h3-5H,11H2,1-2H3,(H,12,13,14). The zero-order valence-electron chi connectivity index (χ0n) is 8.61. The molecule has 15 heavy (non-hydrogen) atoms. The van der Waals surface area contributed by atoms with E-state index in [1.54, 1.807) is 23.6 Å². The van der Waals surface area contributed by atoms with Gasteiger partial charge in [-0.3, -0.25) is 0 Å². The van der Waals surface area contributed by atoms with E-state index in [1.807, 2.05) is 0 Å². The summed E-state index contributed by atoms with van der Waals surface area (Å²) < 4.78 is 0. The van der Waals surface area contributed by atoms with Gasteiger partial charge in [-0.2, -0.15) is 0 Å². The number of nitrogens with zero attached hydrogens (tertiary/aromatic N) is 2. The molecule has 3 N–H and O–H groups in total. The summed E-state index contributed by atoms with van der Waals surface area (Å²) in [6, 6.07) is 3.83. The lowest BCUT2D eigenvalue weighted by Gasteiger charge is -2.01. The molecule has 2 aromatic rings. The van der Waals surface area contributed by atoms with Crippen LogP contribution in [0.3, 0.4) is 0 Å². The molecule has 4 nitrogen and oxygen atoms in total. The molecule has 0 fully saturated rings. The summed E-state index contributed by atoms with van der Waals surface area (Å²) >= 11 is 1.75. The quantitative estimate of drug-likeness (QED) is 0.601. The zero-order valence-corrected chi connectivity index (χ0v) is 9.43. The number of aryl methyl sites for hydroxylation is 2. The Balaban J connectivity index is 2.49. The van der Waals surface area contributed by atoms with Gasteiger partial charge in [-0.05, 0) is 19.9 Å². The van der Waals surface area contributed by atoms with Crippen LogP contribution in [-0.4, -0.2) is 9.97 Å². The van der Waals surface area contributed by atoms with Crippen molar-refractivity contribution in [1.29, 1.82) is 0 Å². The molecule has 0 aliphatic rings. The van der Waals surface area contributed by atoms with Crippen LogP contribution >= 0.6 is 11.3 Å². The number of rotatable bonds is 2. The highest BCUT2D eigenvalue weighted by molar-refractivity contribution is 7.12. The molecule has 0 spiro atoms. The number of hydrazine groups is 1. The summed E-state index contributed by atoms with van der Waals surface area (Å²) in [6.07, 6.45) is 1.70. The van der Waals surface area contributed by atoms with E-state index >= 15 is 0 Å². The molecule has 2 heterocycles. The number of hydrogen-bond donors (Lipinski definition) is 2. The lowest BCUT2D eigenvalue weighted by atomic mass is 10.2. The Bertz CT molecular complexity index is 478. The highest BCUT2D eigenvalue weighted by Gasteiger charge is 2.08. The first-order chi connectivity index (χ1) is 7.20. The third-order valence-corrected chi connectivity index (χ3v) is 3.05. The second kappa shape index (κ2) is 3.96. The SMILES string of the molecule is Cc1cc(-c2nccc(NN)n2)c(C)s1. The van der Waals surface area contributed by atoms with Gasteiger partial charge >= 0.3 is 0 Å². The van der Waals surface area contributed by atoms with Gasteiger partial charge in [-0.25, -0.2) is 15.8 Å². The van der Waals surface area contributed by atoms with Gasteiger partial charge in [0.25, 0.3) is 0 Å². The van der Waals surface area contributed by atoms with Crippen molar-refractivity contribution in [2.24, 2.45) is 5.84 Å². The number of nitrogens with one attached hydrogen (secondary N) is 1. The molecule has 0 unspecified atom stereocenters. The average Bonchev–Trinajstić information content (AvgIpc) is 2.58. The average molecular weight is 220 g/mol. The van der Waals surface area contributed by atoms with Gasteiger partial charge in [0.05, 0.1) is 0 Å². The van der Waals surface area contributed by atoms with Gasteiger partial charge in [0.15, 0.2) is 5.82 Å². The number of nitrogen functional groups attached to an aromatic ring is 1. The lowest BCUT2D eigenvalue weighted by molar-refractivity contribution is 1.14. The smallest absolute Gasteiger partial charge is 0.162 e. The van der Waals surface area contributed by atoms with Crippen LogP contribution in [0, 0.1) is 13.8 Å². The number of anilines is 1. The van der Waals surface area contributed by atoms with E-state index in [9.17, 15) is 0 Å². The van der Waals surface area contributed by atoms with Gasteiger partial charge in [0.1, 0.15) is 5.82 Å². The molecule has 0 atom stereocenters. The molecule has 2 aromatic heterocycles. The Morgan fingerprint density at radius 2 is 2.20 bits per heavy atom. The highest BCUT2D eigenvalue weighted by Crippen LogP contribution is 2.28. The summed E-state index contributed by atoms with van der Waals surface area (Å²) in [5.74, 6) is 6.65. The topological polar surface area (TPSA) is 63.8 Å². The van der Waals surface area contributed by atoms with Gasteiger partial charge in [-0.1, -0.05) is 0 Å². The van der Waals surface area contributed by atoms with Crippen molar-refractivity contribution in [3.05, 3.63) is 28.1 Å². The Morgan fingerprint density at radius 3 is 2.80 bits per heavy atom. The van der Waals surface area contributed by atoms with E-state index in [-0.39, 0.29) is 0 Å². The first kappa shape index (κ1) is 10.1. The van der Waals surface area contributed by atoms with Crippen LogP contribution in [0.2, 0.25) is 0 Å². The van der Waals surface area contributed by atoms with Crippen molar-refractivity contribution >= 4 is 17.2 Å². The molecule has 2 rings (SSSR count). The largest absolute Gasteiger partial charge is 0.308 e. The molecule has 0 saturated carbocycles. The maximum atomic E-state index is 5.30. The summed E-state index contributed by atoms with van der Waals surface area (Å²) in [7, 11) is 0. The van der Waals surface area contributed by atoms with E-state index in [2.05, 4.69) is 35.3 Å². The van der Waals surface area contributed by atoms with E-state index in [0.717, 1.165) is 5.56 Å². The van der Waals surface area contributed by atoms with Gasteiger partial charge in [-0.15, -0.1) is 11.3 Å². The summed E-state index contributed by atoms with van der Waals surface area (Å²) in [6.45, 7) is 4.14. The van der Waals surface area contributed by atoms with Crippen molar-refractivity contribution < 1.29 is 0 Å². The van der Waals surface area contributed by atoms with Gasteiger partial charge in [0.2, 0.25) is 0 Å². The Labute approximate surface area is 92.2 Å². The molecule has 0 aliphatic carbocycles. The predicted octanol–water partition coefficient (Wildman–Crippen LogP) is 2.11. The molecular weight excluding hydrogens is 208 g/mol. The third-order valence-electron chi connectivity index (χ3n) is 2.09. The zero-order chi connectivity index (χ0) is 10.8. The van der Waals surface area contributed by atoms with Crippen molar-refractivity contribution in [3.63, 3.8) is 0 Å². The molecule has 0 bridgehead atoms. The Morgan fingerprint density at radius 1 is 1.40 bits per heavy atom. The van der Waals surface area contributed by atoms with Crippen LogP contribution in [-0.2, 0) is 0 Å². The minimum Gasteiger partial charge on any atom is -0.308 e. The van der Waals surface area contributed by atoms with Crippen LogP contribution in [0.25, 0.3) is 11.4 Å². The monoisotopic (exact) mass is 220 g/mol. The van der Waals surface area contributed by atoms with Crippen LogP contribution in [0.4, 0.5) is 5.82 Å². The third kappa shape index (κ3) is 1.98. The molecule has 5 heteroatoms. The van der Waals surface area contributed by atoms with Crippen molar-refractivity contribution in [2.45, 2.75) is 13.8 Å². The molecule has 0 saturated heterocycles. The minimum atomic E-state index is 0.628. The van der Waals surface area contributed by atoms with Crippen molar-refractivity contribution in [1.82, 2.24) is 9.97 Å². The fraction of sp³-hybridized carbons (Fsp3) is 0.200. The fourth-order valence-electron chi connectivity index (χ4n) is 1.42. The maximum absolute atomic E-state index is 5.30. The summed E-state index contributed by atoms with van der Waals surface area (Å²) in [4.78, 5) is 11.0. The number of nitrogens with two attached hydrogens (primary N) is 1. The van der Waals surface area contributed by atoms with E-state index < -0.39 is 0 Å². The first-order valence-corrected chi connectivity index (χ1v) is 5.39. The molecular formula is C10H12N4S. The minimum absolute atomic E-state index is 0.628. The molecule has 78 valence electrons. The Kier molecular flexibility index (Phi) is 2.66. The maximum Gasteiger partial charge on any atom is 0.162 e. The Hall–Kier alpha value is -1.46. The summed E-state index contributed by atoms with van der Waals surface area (Å²) in [5.41, 5.74) is 3.59. The van der Waals surface area contributed by atoms with Crippen molar-refractivity contribution in [3.8, 4) is 11.4 Å². The second-order valence-corrected chi connectivity index (χ2v) is 4.70. The number of hydrogen-bond acceptors (Lipinski definition) is 5. The number of thiophene rings is 1. The van der Waals surface area contributed by atoms with Crippen LogP contribution in [0.5, 0.6) is 0 Å². The van der Waals surface area contributed by atoms with Gasteiger partial charge in [0, 0.05) is 27.6 Å². The molecule has 0 aliphatic heterocycles. The molecule has 0 amide bonds. The normalized spacial score (nSPS) is 10.3. The van der Waals surface area contributed by atoms with E-state index in [1.165, 1.54) is 9.75 Å². The predicted molar refractivity (Wildman–Crippen MR) is 62.6 cm³/mol. The van der Waals surface area contributed by atoms with E-state index in [4.69, 9.17) is 5.84 Å². The molecule has 0 aromatic carbocycles. The van der Waals surface area contributed by atoms with Gasteiger partial charge < -0.3 is 5.43 Å². The van der Waals surface area contributed by atoms with Crippen LogP contribution < -0.4 is 11.3 Å². The second-order valence-electron chi connectivity index (χ2n) is 3.24. The van der Waals surface area contributed by atoms with Crippen molar-refractivity contribution in [2.75, 3.05) is 5.43 Å². The molecule has 0 radical (unpaired) electrons.